The first-order valence-corrected chi connectivity index (χ1v) is 5.08. The molecular formula is C11H12N4O2. The van der Waals surface area contributed by atoms with Gasteiger partial charge >= 0.3 is 0 Å². The highest BCUT2D eigenvalue weighted by molar-refractivity contribution is 5.95. The van der Waals surface area contributed by atoms with Crippen LogP contribution in [0.4, 0.5) is 5.82 Å². The fourth-order valence-electron chi connectivity index (χ4n) is 1.44. The molecule has 1 heterocycles. The number of nitrogens with one attached hydrogen (secondary N) is 1. The van der Waals surface area contributed by atoms with Gasteiger partial charge in [-0.25, -0.2) is 4.63 Å². The third-order valence-corrected chi connectivity index (χ3v) is 2.26. The summed E-state index contributed by atoms with van der Waals surface area (Å²) < 4.78 is 4.35. The minimum Gasteiger partial charge on any atom is -0.379 e. The largest absolute Gasteiger partial charge is 0.379 e. The number of aromatic nitrogens is 2. The smallest absolute Gasteiger partial charge is 0.277 e. The SMILES string of the molecule is Cc1cccc(CNC(=O)c2nonc2N)c1. The number of amides is 1. The molecule has 0 saturated carbocycles. The highest BCUT2D eigenvalue weighted by Crippen LogP contribution is 2.06. The predicted octanol–water partition coefficient (Wildman–Crippen LogP) is 0.890. The van der Waals surface area contributed by atoms with Gasteiger partial charge in [0.2, 0.25) is 11.5 Å². The van der Waals surface area contributed by atoms with Gasteiger partial charge in [-0.05, 0) is 22.8 Å². The standard InChI is InChI=1S/C11H12N4O2/c1-7-3-2-4-8(5-7)6-13-11(16)9-10(12)15-17-14-9/h2-5H,6H2,1H3,(H2,12,15)(H,13,16). The van der Waals surface area contributed by atoms with Gasteiger partial charge in [0.25, 0.3) is 5.91 Å². The van der Waals surface area contributed by atoms with Gasteiger partial charge in [0.05, 0.1) is 0 Å². The Balaban J connectivity index is 1.99. The van der Waals surface area contributed by atoms with Gasteiger partial charge in [-0.2, -0.15) is 0 Å². The van der Waals surface area contributed by atoms with Crippen molar-refractivity contribution in [3.8, 4) is 0 Å². The van der Waals surface area contributed by atoms with Crippen LogP contribution in [0, 0.1) is 6.92 Å². The highest BCUT2D eigenvalue weighted by atomic mass is 16.6. The molecule has 0 aliphatic carbocycles. The van der Waals surface area contributed by atoms with Crippen LogP contribution >= 0.6 is 0 Å². The summed E-state index contributed by atoms with van der Waals surface area (Å²) in [5.74, 6) is -0.406. The quantitative estimate of drug-likeness (QED) is 0.819. The lowest BCUT2D eigenvalue weighted by Gasteiger charge is -2.04. The number of nitrogen functional groups attached to an aromatic ring is 1. The topological polar surface area (TPSA) is 94.0 Å². The van der Waals surface area contributed by atoms with E-state index >= 15 is 0 Å². The van der Waals surface area contributed by atoms with E-state index in [2.05, 4.69) is 20.3 Å². The van der Waals surface area contributed by atoms with E-state index in [9.17, 15) is 4.79 Å². The summed E-state index contributed by atoms with van der Waals surface area (Å²) in [7, 11) is 0. The zero-order valence-electron chi connectivity index (χ0n) is 9.30. The molecule has 0 spiro atoms. The van der Waals surface area contributed by atoms with Crippen LogP contribution in [0.2, 0.25) is 0 Å². The zero-order chi connectivity index (χ0) is 12.3. The fourth-order valence-corrected chi connectivity index (χ4v) is 1.44. The van der Waals surface area contributed by atoms with Crippen LogP contribution in [0.25, 0.3) is 0 Å². The third-order valence-electron chi connectivity index (χ3n) is 2.26. The van der Waals surface area contributed by atoms with Crippen molar-refractivity contribution in [1.29, 1.82) is 0 Å². The van der Waals surface area contributed by atoms with Crippen molar-refractivity contribution in [2.75, 3.05) is 5.73 Å². The maximum Gasteiger partial charge on any atom is 0.277 e. The number of aryl methyl sites for hydroxylation is 1. The fraction of sp³-hybridized carbons (Fsp3) is 0.182. The first-order chi connectivity index (χ1) is 8.16. The van der Waals surface area contributed by atoms with Crippen LogP contribution < -0.4 is 11.1 Å². The molecule has 0 bridgehead atoms. The molecule has 0 saturated heterocycles. The summed E-state index contributed by atoms with van der Waals surface area (Å²) >= 11 is 0. The van der Waals surface area contributed by atoms with Crippen molar-refractivity contribution in [1.82, 2.24) is 15.6 Å². The highest BCUT2D eigenvalue weighted by Gasteiger charge is 2.15. The average molecular weight is 232 g/mol. The molecule has 6 nitrogen and oxygen atoms in total. The van der Waals surface area contributed by atoms with E-state index in [0.717, 1.165) is 11.1 Å². The molecule has 0 unspecified atom stereocenters. The number of carbonyl (C=O) groups is 1. The minimum atomic E-state index is -0.398. The molecule has 1 amide bonds. The van der Waals surface area contributed by atoms with Gasteiger partial charge in [-0.15, -0.1) is 0 Å². The molecule has 0 aliphatic rings. The second kappa shape index (κ2) is 4.65. The third kappa shape index (κ3) is 2.60. The number of hydrogen-bond donors (Lipinski definition) is 2. The van der Waals surface area contributed by atoms with Gasteiger partial charge in [-0.1, -0.05) is 29.8 Å². The number of rotatable bonds is 3. The van der Waals surface area contributed by atoms with Gasteiger partial charge in [0.15, 0.2) is 0 Å². The van der Waals surface area contributed by atoms with Crippen molar-refractivity contribution in [2.24, 2.45) is 0 Å². The van der Waals surface area contributed by atoms with Crippen molar-refractivity contribution < 1.29 is 9.42 Å². The number of hydrogen-bond acceptors (Lipinski definition) is 5. The Labute approximate surface area is 97.8 Å². The lowest BCUT2D eigenvalue weighted by molar-refractivity contribution is 0.0941. The summed E-state index contributed by atoms with van der Waals surface area (Å²) in [5, 5.41) is 9.45. The molecule has 3 N–H and O–H groups in total. The van der Waals surface area contributed by atoms with E-state index in [0.29, 0.717) is 6.54 Å². The lowest BCUT2D eigenvalue weighted by atomic mass is 10.1. The van der Waals surface area contributed by atoms with Crippen molar-refractivity contribution >= 4 is 11.7 Å². The molecule has 1 aromatic carbocycles. The van der Waals surface area contributed by atoms with Crippen molar-refractivity contribution in [3.63, 3.8) is 0 Å². The molecular weight excluding hydrogens is 220 g/mol. The lowest BCUT2D eigenvalue weighted by Crippen LogP contribution is -2.24. The van der Waals surface area contributed by atoms with Crippen molar-refractivity contribution in [2.45, 2.75) is 13.5 Å². The molecule has 0 atom stereocenters. The molecule has 0 radical (unpaired) electrons. The minimum absolute atomic E-state index is 0.00765. The monoisotopic (exact) mass is 232 g/mol. The van der Waals surface area contributed by atoms with Gasteiger partial charge in [0.1, 0.15) is 0 Å². The normalized spacial score (nSPS) is 10.2. The second-order valence-corrected chi connectivity index (χ2v) is 3.67. The Morgan fingerprint density at radius 3 is 2.94 bits per heavy atom. The summed E-state index contributed by atoms with van der Waals surface area (Å²) in [6.45, 7) is 2.40. The van der Waals surface area contributed by atoms with Gasteiger partial charge < -0.3 is 11.1 Å². The molecule has 2 aromatic rings. The summed E-state index contributed by atoms with van der Waals surface area (Å²) in [6.07, 6.45) is 0. The molecule has 0 fully saturated rings. The molecule has 88 valence electrons. The number of anilines is 1. The van der Waals surface area contributed by atoms with Crippen LogP contribution in [0.3, 0.4) is 0 Å². The van der Waals surface area contributed by atoms with E-state index in [1.165, 1.54) is 0 Å². The Kier molecular flexibility index (Phi) is 3.04. The number of benzene rings is 1. The molecule has 0 aliphatic heterocycles. The summed E-state index contributed by atoms with van der Waals surface area (Å²) in [6, 6.07) is 7.84. The molecule has 2 rings (SSSR count). The van der Waals surface area contributed by atoms with Crippen LogP contribution in [0.1, 0.15) is 21.6 Å². The van der Waals surface area contributed by atoms with Crippen LogP contribution in [0.15, 0.2) is 28.9 Å². The summed E-state index contributed by atoms with van der Waals surface area (Å²) in [4.78, 5) is 11.6. The number of nitrogens with two attached hydrogens (primary N) is 1. The van der Waals surface area contributed by atoms with E-state index in [-0.39, 0.29) is 11.5 Å². The van der Waals surface area contributed by atoms with E-state index in [4.69, 9.17) is 5.73 Å². The first kappa shape index (κ1) is 11.1. The average Bonchev–Trinajstić information content (AvgIpc) is 2.72. The van der Waals surface area contributed by atoms with Gasteiger partial charge in [0, 0.05) is 6.54 Å². The Morgan fingerprint density at radius 1 is 1.47 bits per heavy atom. The van der Waals surface area contributed by atoms with E-state index in [1.54, 1.807) is 0 Å². The summed E-state index contributed by atoms with van der Waals surface area (Å²) in [5.41, 5.74) is 7.56. The molecule has 1 aromatic heterocycles. The Hall–Kier alpha value is -2.37. The van der Waals surface area contributed by atoms with Crippen molar-refractivity contribution in [3.05, 3.63) is 41.1 Å². The predicted molar refractivity (Wildman–Crippen MR) is 61.1 cm³/mol. The number of carbonyl (C=O) groups excluding carboxylic acids is 1. The van der Waals surface area contributed by atoms with Gasteiger partial charge in [-0.3, -0.25) is 4.79 Å². The zero-order valence-corrected chi connectivity index (χ0v) is 9.30. The number of nitrogens with zero attached hydrogens (tertiary/aromatic N) is 2. The van der Waals surface area contributed by atoms with E-state index < -0.39 is 5.91 Å². The second-order valence-electron chi connectivity index (χ2n) is 3.67. The van der Waals surface area contributed by atoms with Crippen LogP contribution in [-0.4, -0.2) is 16.2 Å². The molecule has 17 heavy (non-hydrogen) atoms. The van der Waals surface area contributed by atoms with Crippen LogP contribution in [-0.2, 0) is 6.54 Å². The van der Waals surface area contributed by atoms with Crippen LogP contribution in [0.5, 0.6) is 0 Å². The molecule has 6 heteroatoms. The Morgan fingerprint density at radius 2 is 2.29 bits per heavy atom. The first-order valence-electron chi connectivity index (χ1n) is 5.08. The van der Waals surface area contributed by atoms with E-state index in [1.807, 2.05) is 31.2 Å². The maximum atomic E-state index is 11.6. The Bertz CT molecular complexity index is 536. The maximum absolute atomic E-state index is 11.6.